The van der Waals surface area contributed by atoms with Gasteiger partial charge in [0.15, 0.2) is 0 Å². The van der Waals surface area contributed by atoms with Gasteiger partial charge in [0.25, 0.3) is 0 Å². The van der Waals surface area contributed by atoms with E-state index in [0.29, 0.717) is 0 Å². The molecule has 0 N–H and O–H groups in total. The van der Waals surface area contributed by atoms with Crippen molar-refractivity contribution >= 4 is 27.5 Å². The molecule has 0 aliphatic carbocycles. The van der Waals surface area contributed by atoms with Gasteiger partial charge in [0.2, 0.25) is 0 Å². The Hall–Kier alpha value is -0.860. The molecule has 0 aliphatic heterocycles. The van der Waals surface area contributed by atoms with E-state index in [1.807, 2.05) is 12.1 Å². The lowest BCUT2D eigenvalue weighted by Gasteiger charge is -2.12. The van der Waals surface area contributed by atoms with E-state index in [2.05, 4.69) is 35.0 Å². The van der Waals surface area contributed by atoms with Crippen LogP contribution in [0.25, 0.3) is 0 Å². The first-order valence-electron chi connectivity index (χ1n) is 5.71. The topological polar surface area (TPSA) is 0 Å². The maximum atomic E-state index is 13.1. The van der Waals surface area contributed by atoms with E-state index < -0.39 is 0 Å². The summed E-state index contributed by atoms with van der Waals surface area (Å²) in [7, 11) is 0. The van der Waals surface area contributed by atoms with Crippen molar-refractivity contribution in [3.8, 4) is 0 Å². The van der Waals surface area contributed by atoms with E-state index in [4.69, 9.17) is 11.6 Å². The normalized spacial score (nSPS) is 12.4. The Balaban J connectivity index is 2.19. The minimum atomic E-state index is -0.379. The Bertz CT molecular complexity index is 554. The second kappa shape index (κ2) is 5.85. The molecule has 0 aromatic heterocycles. The third-order valence-corrected chi connectivity index (χ3v) is 4.11. The summed E-state index contributed by atoms with van der Waals surface area (Å²) < 4.78 is 13.1. The molecule has 0 spiro atoms. The second-order valence-corrected chi connectivity index (χ2v) is 5.78. The fourth-order valence-electron chi connectivity index (χ4n) is 1.86. The summed E-state index contributed by atoms with van der Waals surface area (Å²) in [6.45, 7) is 2.09. The second-order valence-electron chi connectivity index (χ2n) is 4.27. The van der Waals surface area contributed by atoms with Crippen LogP contribution >= 0.6 is 27.5 Å². The third-order valence-electron chi connectivity index (χ3n) is 2.97. The lowest BCUT2D eigenvalue weighted by Crippen LogP contribution is -1.98. The van der Waals surface area contributed by atoms with Crippen molar-refractivity contribution < 1.29 is 4.39 Å². The van der Waals surface area contributed by atoms with E-state index >= 15 is 0 Å². The van der Waals surface area contributed by atoms with Gasteiger partial charge in [0.05, 0.1) is 5.02 Å². The maximum Gasteiger partial charge on any atom is 0.141 e. The molecule has 3 heteroatoms. The predicted molar refractivity (Wildman–Crippen MR) is 78.0 cm³/mol. The van der Waals surface area contributed by atoms with Crippen molar-refractivity contribution in [2.24, 2.45) is 0 Å². The van der Waals surface area contributed by atoms with Crippen LogP contribution in [0.3, 0.4) is 0 Å². The molecule has 0 radical (unpaired) electrons. The smallest absolute Gasteiger partial charge is 0.141 e. The molecule has 94 valence electrons. The molecule has 2 rings (SSSR count). The minimum absolute atomic E-state index is 0.136. The molecule has 0 fully saturated rings. The molecule has 2 aromatic carbocycles. The van der Waals surface area contributed by atoms with Gasteiger partial charge in [-0.15, -0.1) is 0 Å². The molecular weight excluding hydrogens is 315 g/mol. The van der Waals surface area contributed by atoms with Crippen LogP contribution in [-0.4, -0.2) is 0 Å². The first-order valence-corrected chi connectivity index (χ1v) is 7.01. The molecule has 18 heavy (non-hydrogen) atoms. The van der Waals surface area contributed by atoms with Gasteiger partial charge < -0.3 is 0 Å². The van der Waals surface area contributed by atoms with E-state index in [9.17, 15) is 4.39 Å². The van der Waals surface area contributed by atoms with Crippen molar-refractivity contribution in [3.05, 3.63) is 70.0 Å². The van der Waals surface area contributed by atoms with Crippen LogP contribution in [0.2, 0.25) is 5.02 Å². The van der Waals surface area contributed by atoms with Crippen LogP contribution in [0.4, 0.5) is 4.39 Å². The molecule has 0 nitrogen and oxygen atoms in total. The van der Waals surface area contributed by atoms with Crippen molar-refractivity contribution in [1.29, 1.82) is 0 Å². The Kier molecular flexibility index (Phi) is 4.41. The van der Waals surface area contributed by atoms with Crippen LogP contribution in [0.1, 0.15) is 21.5 Å². The highest BCUT2D eigenvalue weighted by Gasteiger charge is 2.11. The monoisotopic (exact) mass is 326 g/mol. The Morgan fingerprint density at radius 2 is 1.94 bits per heavy atom. The lowest BCUT2D eigenvalue weighted by atomic mass is 10.0. The average molecular weight is 328 g/mol. The minimum Gasteiger partial charge on any atom is -0.205 e. The van der Waals surface area contributed by atoms with E-state index in [1.165, 1.54) is 17.2 Å². The van der Waals surface area contributed by atoms with Crippen molar-refractivity contribution in [3.63, 3.8) is 0 Å². The summed E-state index contributed by atoms with van der Waals surface area (Å²) in [6.07, 6.45) is 0.856. The standard InChI is InChI=1S/C15H13BrClF/c1-10-4-2-3-5-11(10)8-13(16)12-6-7-15(18)14(17)9-12/h2-7,9,13H,8H2,1H3. The number of benzene rings is 2. The summed E-state index contributed by atoms with van der Waals surface area (Å²) in [6, 6.07) is 13.1. The molecule has 0 amide bonds. The quantitative estimate of drug-likeness (QED) is 0.656. The fraction of sp³-hybridized carbons (Fsp3) is 0.200. The molecule has 1 atom stereocenters. The number of aryl methyl sites for hydroxylation is 1. The molecular formula is C15H13BrClF. The summed E-state index contributed by atoms with van der Waals surface area (Å²) in [5.41, 5.74) is 3.53. The van der Waals surface area contributed by atoms with Gasteiger partial charge in [-0.05, 0) is 42.2 Å². The molecule has 2 aromatic rings. The highest BCUT2D eigenvalue weighted by atomic mass is 79.9. The molecule has 0 bridgehead atoms. The molecule has 0 heterocycles. The van der Waals surface area contributed by atoms with Gasteiger partial charge in [0.1, 0.15) is 5.82 Å². The molecule has 0 aliphatic rings. The Labute approximate surface area is 120 Å². The van der Waals surface area contributed by atoms with Crippen molar-refractivity contribution in [2.75, 3.05) is 0 Å². The number of hydrogen-bond donors (Lipinski definition) is 0. The van der Waals surface area contributed by atoms with Crippen LogP contribution in [0, 0.1) is 12.7 Å². The zero-order valence-electron chi connectivity index (χ0n) is 9.96. The summed E-state index contributed by atoms with van der Waals surface area (Å²) in [4.78, 5) is 0.136. The Morgan fingerprint density at radius 3 is 2.61 bits per heavy atom. The lowest BCUT2D eigenvalue weighted by molar-refractivity contribution is 0.627. The Morgan fingerprint density at radius 1 is 1.22 bits per heavy atom. The summed E-state index contributed by atoms with van der Waals surface area (Å²) in [5, 5.41) is 0.168. The van der Waals surface area contributed by atoms with Crippen LogP contribution in [0.15, 0.2) is 42.5 Å². The maximum absolute atomic E-state index is 13.1. The fourth-order valence-corrected chi connectivity index (χ4v) is 2.68. The number of halogens is 3. The number of alkyl halides is 1. The molecule has 0 saturated heterocycles. The van der Waals surface area contributed by atoms with Crippen LogP contribution < -0.4 is 0 Å². The molecule has 0 saturated carbocycles. The van der Waals surface area contributed by atoms with Gasteiger partial charge in [-0.3, -0.25) is 0 Å². The predicted octanol–water partition coefficient (Wildman–Crippen LogP) is 5.47. The number of hydrogen-bond acceptors (Lipinski definition) is 0. The highest BCUT2D eigenvalue weighted by molar-refractivity contribution is 9.09. The first-order chi connectivity index (χ1) is 8.58. The van der Waals surface area contributed by atoms with E-state index in [1.54, 1.807) is 12.1 Å². The van der Waals surface area contributed by atoms with E-state index in [0.717, 1.165) is 12.0 Å². The van der Waals surface area contributed by atoms with Gasteiger partial charge in [0, 0.05) is 4.83 Å². The zero-order chi connectivity index (χ0) is 13.1. The zero-order valence-corrected chi connectivity index (χ0v) is 12.3. The van der Waals surface area contributed by atoms with Crippen LogP contribution in [0.5, 0.6) is 0 Å². The summed E-state index contributed by atoms with van der Waals surface area (Å²) in [5.74, 6) is -0.379. The third kappa shape index (κ3) is 3.12. The van der Waals surface area contributed by atoms with Gasteiger partial charge in [-0.1, -0.05) is 57.9 Å². The number of rotatable bonds is 3. The van der Waals surface area contributed by atoms with Crippen molar-refractivity contribution in [1.82, 2.24) is 0 Å². The van der Waals surface area contributed by atoms with Gasteiger partial charge in [-0.25, -0.2) is 4.39 Å². The van der Waals surface area contributed by atoms with E-state index in [-0.39, 0.29) is 15.7 Å². The highest BCUT2D eigenvalue weighted by Crippen LogP contribution is 2.30. The SMILES string of the molecule is Cc1ccccc1CC(Br)c1ccc(F)c(Cl)c1. The van der Waals surface area contributed by atoms with Crippen LogP contribution in [-0.2, 0) is 6.42 Å². The average Bonchev–Trinajstić information content (AvgIpc) is 2.35. The van der Waals surface area contributed by atoms with Crippen molar-refractivity contribution in [2.45, 2.75) is 18.2 Å². The molecule has 1 unspecified atom stereocenters. The van der Waals surface area contributed by atoms with Gasteiger partial charge >= 0.3 is 0 Å². The largest absolute Gasteiger partial charge is 0.205 e. The summed E-state index contributed by atoms with van der Waals surface area (Å²) >= 11 is 9.43. The van der Waals surface area contributed by atoms with Gasteiger partial charge in [-0.2, -0.15) is 0 Å². The first kappa shape index (κ1) is 13.6.